The highest BCUT2D eigenvalue weighted by atomic mass is 35.5. The van der Waals surface area contributed by atoms with E-state index in [1.165, 1.54) is 12.4 Å². The Hall–Kier alpha value is -3.63. The Kier molecular flexibility index (Phi) is 5.72. The molecule has 0 aliphatic carbocycles. The van der Waals surface area contributed by atoms with Crippen molar-refractivity contribution >= 4 is 34.8 Å². The molecule has 2 N–H and O–H groups in total. The zero-order chi connectivity index (χ0) is 20.1. The van der Waals surface area contributed by atoms with Crippen LogP contribution in [0, 0.1) is 18.3 Å². The molecular formula is C20H16ClN5O2. The van der Waals surface area contributed by atoms with Crippen LogP contribution < -0.4 is 15.4 Å². The van der Waals surface area contributed by atoms with Crippen LogP contribution >= 0.6 is 11.6 Å². The molecule has 140 valence electrons. The molecule has 1 aromatic heterocycles. The third-order valence-electron chi connectivity index (χ3n) is 3.91. The van der Waals surface area contributed by atoms with Gasteiger partial charge in [0, 0.05) is 29.2 Å². The maximum Gasteiger partial charge on any atom is 0.258 e. The first kappa shape index (κ1) is 19.1. The van der Waals surface area contributed by atoms with E-state index in [0.29, 0.717) is 39.2 Å². The van der Waals surface area contributed by atoms with Gasteiger partial charge in [-0.2, -0.15) is 5.26 Å². The molecule has 0 bridgehead atoms. The number of carbonyl (C=O) groups excluding carboxylic acids is 1. The van der Waals surface area contributed by atoms with E-state index in [-0.39, 0.29) is 5.91 Å². The lowest BCUT2D eigenvalue weighted by Crippen LogP contribution is -2.13. The number of rotatable bonds is 5. The molecule has 3 aromatic rings. The molecule has 0 saturated carbocycles. The summed E-state index contributed by atoms with van der Waals surface area (Å²) in [4.78, 5) is 20.7. The fourth-order valence-electron chi connectivity index (χ4n) is 2.39. The van der Waals surface area contributed by atoms with Crippen LogP contribution in [0.3, 0.4) is 0 Å². The Morgan fingerprint density at radius 2 is 1.86 bits per heavy atom. The molecule has 8 heteroatoms. The third-order valence-corrected chi connectivity index (χ3v) is 4.32. The lowest BCUT2D eigenvalue weighted by atomic mass is 10.2. The minimum atomic E-state index is -0.351. The van der Waals surface area contributed by atoms with Crippen LogP contribution in [-0.4, -0.2) is 23.0 Å². The van der Waals surface area contributed by atoms with Gasteiger partial charge in [-0.1, -0.05) is 11.6 Å². The summed E-state index contributed by atoms with van der Waals surface area (Å²) in [5.74, 6) is 0.521. The number of ether oxygens (including phenoxy) is 1. The Morgan fingerprint density at radius 1 is 1.18 bits per heavy atom. The van der Waals surface area contributed by atoms with E-state index >= 15 is 0 Å². The normalized spacial score (nSPS) is 10.1. The number of aromatic nitrogens is 2. The highest BCUT2D eigenvalue weighted by Crippen LogP contribution is 2.32. The standard InChI is InChI=1S/C20H16ClN5O2/c1-12-7-17(18(28-2)8-16(12)21)26-20-23-10-14(11-24-20)19(27)25-15-5-3-13(9-22)4-6-15/h3-8,10-11H,1-2H3,(H,25,27)(H,23,24,26). The average Bonchev–Trinajstić information content (AvgIpc) is 2.71. The molecule has 1 heterocycles. The molecule has 2 aromatic carbocycles. The maximum atomic E-state index is 12.3. The van der Waals surface area contributed by atoms with Crippen LogP contribution in [0.1, 0.15) is 21.5 Å². The number of nitriles is 1. The van der Waals surface area contributed by atoms with Gasteiger partial charge in [-0.15, -0.1) is 0 Å². The summed E-state index contributed by atoms with van der Waals surface area (Å²) < 4.78 is 5.31. The summed E-state index contributed by atoms with van der Waals surface area (Å²) in [6.45, 7) is 1.88. The van der Waals surface area contributed by atoms with E-state index in [4.69, 9.17) is 21.6 Å². The van der Waals surface area contributed by atoms with Crippen LogP contribution in [0.5, 0.6) is 5.75 Å². The maximum absolute atomic E-state index is 12.3. The highest BCUT2D eigenvalue weighted by molar-refractivity contribution is 6.31. The molecular weight excluding hydrogens is 378 g/mol. The molecule has 0 radical (unpaired) electrons. The Labute approximate surface area is 167 Å². The van der Waals surface area contributed by atoms with Crippen molar-refractivity contribution in [3.63, 3.8) is 0 Å². The predicted octanol–water partition coefficient (Wildman–Crippen LogP) is 4.31. The summed E-state index contributed by atoms with van der Waals surface area (Å²) in [7, 11) is 1.55. The molecule has 1 amide bonds. The van der Waals surface area contributed by atoms with Gasteiger partial charge in [-0.05, 0) is 42.8 Å². The van der Waals surface area contributed by atoms with Crippen molar-refractivity contribution in [2.24, 2.45) is 0 Å². The van der Waals surface area contributed by atoms with Crippen LogP contribution in [0.2, 0.25) is 5.02 Å². The minimum absolute atomic E-state index is 0.300. The van der Waals surface area contributed by atoms with Gasteiger partial charge in [0.15, 0.2) is 0 Å². The number of carbonyl (C=O) groups is 1. The van der Waals surface area contributed by atoms with E-state index < -0.39 is 0 Å². The number of halogens is 1. The fraction of sp³-hybridized carbons (Fsp3) is 0.100. The van der Waals surface area contributed by atoms with Crippen molar-refractivity contribution in [3.05, 3.63) is 70.5 Å². The second kappa shape index (κ2) is 8.37. The van der Waals surface area contributed by atoms with E-state index in [9.17, 15) is 4.79 Å². The molecule has 7 nitrogen and oxygen atoms in total. The smallest absolute Gasteiger partial charge is 0.258 e. The minimum Gasteiger partial charge on any atom is -0.495 e. The van der Waals surface area contributed by atoms with Gasteiger partial charge in [-0.3, -0.25) is 4.79 Å². The lowest BCUT2D eigenvalue weighted by Gasteiger charge is -2.12. The van der Waals surface area contributed by atoms with Gasteiger partial charge in [-0.25, -0.2) is 9.97 Å². The Balaban J connectivity index is 1.72. The average molecular weight is 394 g/mol. The monoisotopic (exact) mass is 393 g/mol. The largest absolute Gasteiger partial charge is 0.495 e. The molecule has 0 aliphatic rings. The van der Waals surface area contributed by atoms with Crippen molar-refractivity contribution in [1.82, 2.24) is 9.97 Å². The summed E-state index contributed by atoms with van der Waals surface area (Å²) in [5, 5.41) is 15.2. The van der Waals surface area contributed by atoms with Crippen LogP contribution in [0.4, 0.5) is 17.3 Å². The number of methoxy groups -OCH3 is 1. The lowest BCUT2D eigenvalue weighted by molar-refractivity contribution is 0.102. The molecule has 0 unspecified atom stereocenters. The Bertz CT molecular complexity index is 1040. The second-order valence-electron chi connectivity index (χ2n) is 5.87. The number of hydrogen-bond donors (Lipinski definition) is 2. The number of amides is 1. The topological polar surface area (TPSA) is 99.9 Å². The summed E-state index contributed by atoms with van der Waals surface area (Å²) in [6, 6.07) is 12.1. The number of benzene rings is 2. The number of hydrogen-bond acceptors (Lipinski definition) is 6. The van der Waals surface area contributed by atoms with Gasteiger partial charge < -0.3 is 15.4 Å². The third kappa shape index (κ3) is 4.37. The van der Waals surface area contributed by atoms with Crippen molar-refractivity contribution in [2.75, 3.05) is 17.7 Å². The fourth-order valence-corrected chi connectivity index (χ4v) is 2.55. The molecule has 28 heavy (non-hydrogen) atoms. The van der Waals surface area contributed by atoms with Crippen molar-refractivity contribution in [1.29, 1.82) is 5.26 Å². The van der Waals surface area contributed by atoms with E-state index in [0.717, 1.165) is 5.56 Å². The SMILES string of the molecule is COc1cc(Cl)c(C)cc1Nc1ncc(C(=O)Nc2ccc(C#N)cc2)cn1. The van der Waals surface area contributed by atoms with Crippen molar-refractivity contribution in [2.45, 2.75) is 6.92 Å². The first-order valence-corrected chi connectivity index (χ1v) is 8.62. The molecule has 0 aliphatic heterocycles. The molecule has 3 rings (SSSR count). The van der Waals surface area contributed by atoms with E-state index in [1.54, 1.807) is 37.4 Å². The molecule has 0 spiro atoms. The predicted molar refractivity (Wildman–Crippen MR) is 107 cm³/mol. The van der Waals surface area contributed by atoms with Crippen molar-refractivity contribution in [3.8, 4) is 11.8 Å². The number of anilines is 3. The Morgan fingerprint density at radius 3 is 2.46 bits per heavy atom. The van der Waals surface area contributed by atoms with E-state index in [2.05, 4.69) is 20.6 Å². The number of nitrogens with one attached hydrogen (secondary N) is 2. The van der Waals surface area contributed by atoms with Gasteiger partial charge in [0.25, 0.3) is 5.91 Å². The highest BCUT2D eigenvalue weighted by Gasteiger charge is 2.11. The molecule has 0 fully saturated rings. The zero-order valence-electron chi connectivity index (χ0n) is 15.2. The molecule has 0 atom stereocenters. The molecule has 0 saturated heterocycles. The summed E-state index contributed by atoms with van der Waals surface area (Å²) in [5.41, 5.74) is 2.94. The van der Waals surface area contributed by atoms with E-state index in [1.807, 2.05) is 19.1 Å². The second-order valence-corrected chi connectivity index (χ2v) is 6.27. The zero-order valence-corrected chi connectivity index (χ0v) is 15.9. The first-order chi connectivity index (χ1) is 13.5. The summed E-state index contributed by atoms with van der Waals surface area (Å²) >= 11 is 6.11. The van der Waals surface area contributed by atoms with Gasteiger partial charge in [0.1, 0.15) is 5.75 Å². The first-order valence-electron chi connectivity index (χ1n) is 8.25. The van der Waals surface area contributed by atoms with Gasteiger partial charge in [0.2, 0.25) is 5.95 Å². The number of nitrogens with zero attached hydrogens (tertiary/aromatic N) is 3. The van der Waals surface area contributed by atoms with Gasteiger partial charge in [0.05, 0.1) is 30.0 Å². The number of aryl methyl sites for hydroxylation is 1. The van der Waals surface area contributed by atoms with Crippen LogP contribution in [0.25, 0.3) is 0 Å². The van der Waals surface area contributed by atoms with Crippen molar-refractivity contribution < 1.29 is 9.53 Å². The van der Waals surface area contributed by atoms with Gasteiger partial charge >= 0.3 is 0 Å². The summed E-state index contributed by atoms with van der Waals surface area (Å²) in [6.07, 6.45) is 2.84. The quantitative estimate of drug-likeness (QED) is 0.669. The van der Waals surface area contributed by atoms with Crippen LogP contribution in [-0.2, 0) is 0 Å². The van der Waals surface area contributed by atoms with Crippen LogP contribution in [0.15, 0.2) is 48.8 Å².